The number of hydrogen-bond acceptors (Lipinski definition) is 3. The minimum atomic E-state index is -0.447. The van der Waals surface area contributed by atoms with Gasteiger partial charge in [-0.3, -0.25) is 9.59 Å². The Bertz CT molecular complexity index is 921. The van der Waals surface area contributed by atoms with E-state index < -0.39 is 5.92 Å². The van der Waals surface area contributed by atoms with Crippen molar-refractivity contribution in [3.8, 4) is 17.6 Å². The summed E-state index contributed by atoms with van der Waals surface area (Å²) in [4.78, 5) is 25.9. The number of amides is 2. The lowest BCUT2D eigenvalue weighted by Crippen LogP contribution is -2.33. The van der Waals surface area contributed by atoms with Gasteiger partial charge in [0.1, 0.15) is 18.2 Å². The summed E-state index contributed by atoms with van der Waals surface area (Å²) in [6.07, 6.45) is 0.128. The van der Waals surface area contributed by atoms with Gasteiger partial charge in [-0.25, -0.2) is 4.39 Å². The van der Waals surface area contributed by atoms with Crippen molar-refractivity contribution in [3.05, 3.63) is 58.8 Å². The second kappa shape index (κ2) is 9.38. The van der Waals surface area contributed by atoms with E-state index in [-0.39, 0.29) is 43.7 Å². The maximum atomic E-state index is 13.0. The Hall–Kier alpha value is -2.85. The highest BCUT2D eigenvalue weighted by molar-refractivity contribution is 9.10. The molecule has 28 heavy (non-hydrogen) atoms. The van der Waals surface area contributed by atoms with Crippen LogP contribution in [0.25, 0.3) is 0 Å². The number of carbonyl (C=O) groups excluding carboxylic acids is 2. The van der Waals surface area contributed by atoms with E-state index in [1.54, 1.807) is 0 Å². The fourth-order valence-corrected chi connectivity index (χ4v) is 3.20. The van der Waals surface area contributed by atoms with E-state index in [0.29, 0.717) is 11.4 Å². The molecule has 2 amide bonds. The van der Waals surface area contributed by atoms with Gasteiger partial charge in [-0.2, -0.15) is 0 Å². The smallest absolute Gasteiger partial charge is 0.227 e. The third-order valence-corrected chi connectivity index (χ3v) is 4.71. The van der Waals surface area contributed by atoms with Gasteiger partial charge >= 0.3 is 0 Å². The molecule has 1 unspecified atom stereocenters. The summed E-state index contributed by atoms with van der Waals surface area (Å²) in [7, 11) is 0. The third-order valence-electron chi connectivity index (χ3n) is 4.22. The van der Waals surface area contributed by atoms with E-state index in [9.17, 15) is 14.0 Å². The van der Waals surface area contributed by atoms with Gasteiger partial charge < -0.3 is 15.0 Å². The molecule has 1 heterocycles. The minimum Gasteiger partial charge on any atom is -0.481 e. The number of benzene rings is 2. The van der Waals surface area contributed by atoms with Gasteiger partial charge in [0.05, 0.1) is 12.5 Å². The van der Waals surface area contributed by atoms with Crippen molar-refractivity contribution in [2.45, 2.75) is 6.42 Å². The first-order chi connectivity index (χ1) is 13.5. The van der Waals surface area contributed by atoms with Crippen LogP contribution in [-0.4, -0.2) is 31.5 Å². The molecule has 2 aromatic carbocycles. The first kappa shape index (κ1) is 19.9. The average Bonchev–Trinajstić information content (AvgIpc) is 3.07. The van der Waals surface area contributed by atoms with Gasteiger partial charge in [0, 0.05) is 23.1 Å². The lowest BCUT2D eigenvalue weighted by atomic mass is 10.1. The lowest BCUT2D eigenvalue weighted by Gasteiger charge is -2.16. The van der Waals surface area contributed by atoms with Crippen LogP contribution in [0.5, 0.6) is 5.75 Å². The van der Waals surface area contributed by atoms with E-state index >= 15 is 0 Å². The molecule has 2 aromatic rings. The van der Waals surface area contributed by atoms with Crippen molar-refractivity contribution in [1.29, 1.82) is 0 Å². The number of nitrogens with one attached hydrogen (secondary N) is 1. The molecule has 7 heteroatoms. The normalized spacial score (nSPS) is 15.7. The van der Waals surface area contributed by atoms with Crippen LogP contribution in [0.2, 0.25) is 0 Å². The maximum absolute atomic E-state index is 13.0. The predicted molar refractivity (Wildman–Crippen MR) is 107 cm³/mol. The lowest BCUT2D eigenvalue weighted by molar-refractivity contribution is -0.126. The highest BCUT2D eigenvalue weighted by Crippen LogP contribution is 2.25. The van der Waals surface area contributed by atoms with Crippen molar-refractivity contribution in [3.63, 3.8) is 0 Å². The van der Waals surface area contributed by atoms with Crippen LogP contribution >= 0.6 is 15.9 Å². The Kier molecular flexibility index (Phi) is 6.66. The number of rotatable bonds is 5. The molecular formula is C21H18BrFN2O3. The molecule has 0 bridgehead atoms. The zero-order chi connectivity index (χ0) is 19.9. The number of nitrogens with zero attached hydrogens (tertiary/aromatic N) is 1. The number of ether oxygens (including phenoxy) is 1. The van der Waals surface area contributed by atoms with E-state index in [4.69, 9.17) is 4.74 Å². The molecular weight excluding hydrogens is 427 g/mol. The van der Waals surface area contributed by atoms with Crippen molar-refractivity contribution in [2.75, 3.05) is 24.6 Å². The molecule has 5 nitrogen and oxygen atoms in total. The van der Waals surface area contributed by atoms with E-state index in [1.807, 2.05) is 24.3 Å². The Morgan fingerprint density at radius 1 is 1.25 bits per heavy atom. The molecule has 1 atom stereocenters. The topological polar surface area (TPSA) is 58.6 Å². The number of hydrogen-bond donors (Lipinski definition) is 1. The summed E-state index contributed by atoms with van der Waals surface area (Å²) >= 11 is 3.36. The molecule has 0 radical (unpaired) electrons. The first-order valence-electron chi connectivity index (χ1n) is 8.70. The van der Waals surface area contributed by atoms with Gasteiger partial charge in [0.25, 0.3) is 0 Å². The highest BCUT2D eigenvalue weighted by Gasteiger charge is 2.34. The summed E-state index contributed by atoms with van der Waals surface area (Å²) in [6, 6.07) is 13.1. The monoisotopic (exact) mass is 444 g/mol. The molecule has 1 aliphatic heterocycles. The van der Waals surface area contributed by atoms with Crippen LogP contribution in [0, 0.1) is 23.6 Å². The van der Waals surface area contributed by atoms with E-state index in [0.717, 1.165) is 4.47 Å². The fourth-order valence-electron chi connectivity index (χ4n) is 2.82. The average molecular weight is 445 g/mol. The Labute approximate surface area is 171 Å². The SMILES string of the molecule is O=C(NCC#CCOc1cccc(Br)c1)C1CC(=O)N(c2ccc(F)cc2)C1. The van der Waals surface area contributed by atoms with Crippen molar-refractivity contribution in [1.82, 2.24) is 5.32 Å². The van der Waals surface area contributed by atoms with Gasteiger partial charge in [0.2, 0.25) is 11.8 Å². The number of carbonyl (C=O) groups is 2. The zero-order valence-corrected chi connectivity index (χ0v) is 16.5. The van der Waals surface area contributed by atoms with Crippen molar-refractivity contribution >= 4 is 33.4 Å². The predicted octanol–water partition coefficient (Wildman–Crippen LogP) is 3.14. The highest BCUT2D eigenvalue weighted by atomic mass is 79.9. The molecule has 144 valence electrons. The maximum Gasteiger partial charge on any atom is 0.227 e. The largest absolute Gasteiger partial charge is 0.481 e. The molecule has 0 spiro atoms. The van der Waals surface area contributed by atoms with Crippen LogP contribution in [0.1, 0.15) is 6.42 Å². The van der Waals surface area contributed by atoms with Crippen molar-refractivity contribution < 1.29 is 18.7 Å². The van der Waals surface area contributed by atoms with Gasteiger partial charge in [0.15, 0.2) is 0 Å². The molecule has 1 aliphatic rings. The Balaban J connectivity index is 1.43. The van der Waals surface area contributed by atoms with Crippen LogP contribution in [-0.2, 0) is 9.59 Å². The van der Waals surface area contributed by atoms with Crippen LogP contribution < -0.4 is 15.0 Å². The second-order valence-electron chi connectivity index (χ2n) is 6.20. The van der Waals surface area contributed by atoms with Gasteiger partial charge in [-0.1, -0.05) is 33.8 Å². The molecule has 0 aromatic heterocycles. The summed E-state index contributed by atoms with van der Waals surface area (Å²) in [5.74, 6) is 5.18. The summed E-state index contributed by atoms with van der Waals surface area (Å²) in [5.41, 5.74) is 0.589. The molecule has 1 fully saturated rings. The van der Waals surface area contributed by atoms with Gasteiger partial charge in [-0.15, -0.1) is 0 Å². The third kappa shape index (κ3) is 5.33. The Morgan fingerprint density at radius 2 is 2.04 bits per heavy atom. The molecule has 0 aliphatic carbocycles. The summed E-state index contributed by atoms with van der Waals surface area (Å²) in [6.45, 7) is 0.671. The van der Waals surface area contributed by atoms with Crippen LogP contribution in [0.3, 0.4) is 0 Å². The second-order valence-corrected chi connectivity index (χ2v) is 7.11. The number of anilines is 1. The number of halogens is 2. The molecule has 3 rings (SSSR count). The fraction of sp³-hybridized carbons (Fsp3) is 0.238. The van der Waals surface area contributed by atoms with Gasteiger partial charge in [-0.05, 0) is 42.5 Å². The first-order valence-corrected chi connectivity index (χ1v) is 9.50. The summed E-state index contributed by atoms with van der Waals surface area (Å²) in [5, 5.41) is 2.72. The molecule has 1 N–H and O–H groups in total. The minimum absolute atomic E-state index is 0.128. The quantitative estimate of drug-likeness (QED) is 0.720. The van der Waals surface area contributed by atoms with Crippen LogP contribution in [0.15, 0.2) is 53.0 Å². The Morgan fingerprint density at radius 3 is 2.79 bits per heavy atom. The van der Waals surface area contributed by atoms with E-state index in [1.165, 1.54) is 29.2 Å². The van der Waals surface area contributed by atoms with Crippen molar-refractivity contribution in [2.24, 2.45) is 5.92 Å². The summed E-state index contributed by atoms with van der Waals surface area (Å²) < 4.78 is 19.4. The molecule has 1 saturated heterocycles. The standard InChI is InChI=1S/C21H18BrFN2O3/c22-16-4-3-5-19(13-16)28-11-2-1-10-24-21(27)15-12-20(26)25(14-15)18-8-6-17(23)7-9-18/h3-9,13,15H,10-12,14H2,(H,24,27). The van der Waals surface area contributed by atoms with Crippen LogP contribution in [0.4, 0.5) is 10.1 Å². The van der Waals surface area contributed by atoms with E-state index in [2.05, 4.69) is 33.1 Å². The zero-order valence-electron chi connectivity index (χ0n) is 15.0. The molecule has 0 saturated carbocycles.